The number of nitrogens with one attached hydrogen (secondary N) is 2. The number of carbonyl (C=O) groups is 2. The molecule has 0 bridgehead atoms. The summed E-state index contributed by atoms with van der Waals surface area (Å²) in [5.41, 5.74) is 0.869. The Morgan fingerprint density at radius 2 is 2.00 bits per heavy atom. The van der Waals surface area contributed by atoms with Gasteiger partial charge in [0.1, 0.15) is 0 Å². The van der Waals surface area contributed by atoms with Crippen LogP contribution in [0.2, 0.25) is 0 Å². The van der Waals surface area contributed by atoms with Crippen molar-refractivity contribution in [1.29, 1.82) is 0 Å². The highest BCUT2D eigenvalue weighted by Crippen LogP contribution is 2.32. The molecule has 1 aliphatic carbocycles. The molecule has 1 aliphatic heterocycles. The average molecular weight is 465 g/mol. The van der Waals surface area contributed by atoms with Gasteiger partial charge < -0.3 is 24.8 Å². The lowest BCUT2D eigenvalue weighted by Gasteiger charge is -2.21. The fraction of sp³-hybridized carbons (Fsp3) is 0.500. The maximum atomic E-state index is 11.9. The summed E-state index contributed by atoms with van der Waals surface area (Å²) in [5, 5.41) is 15.2. The summed E-state index contributed by atoms with van der Waals surface area (Å²) in [5.74, 6) is 0.581. The van der Waals surface area contributed by atoms with E-state index in [4.69, 9.17) is 14.2 Å². The number of fused-ring (bicyclic) bond motifs is 1. The number of thioether (sulfide) groups is 1. The minimum atomic E-state index is -0.472. The first-order chi connectivity index (χ1) is 15.2. The van der Waals surface area contributed by atoms with Gasteiger partial charge in [-0.3, -0.25) is 9.59 Å². The summed E-state index contributed by atoms with van der Waals surface area (Å²) in [6.07, 6.45) is 6.10. The van der Waals surface area contributed by atoms with E-state index in [0.29, 0.717) is 28.4 Å². The molecule has 2 heterocycles. The van der Waals surface area contributed by atoms with Crippen LogP contribution >= 0.6 is 23.1 Å². The third-order valence-corrected chi connectivity index (χ3v) is 6.90. The smallest absolute Gasteiger partial charge is 0.316 e. The van der Waals surface area contributed by atoms with Crippen molar-refractivity contribution in [3.05, 3.63) is 23.8 Å². The third-order valence-electron chi connectivity index (χ3n) is 4.94. The van der Waals surface area contributed by atoms with E-state index >= 15 is 0 Å². The van der Waals surface area contributed by atoms with Crippen LogP contribution in [0.25, 0.3) is 0 Å². The largest absolute Gasteiger partial charge is 0.455 e. The van der Waals surface area contributed by atoms with Crippen molar-refractivity contribution < 1.29 is 23.8 Å². The summed E-state index contributed by atoms with van der Waals surface area (Å²) in [7, 11) is 0. The number of amides is 1. The van der Waals surface area contributed by atoms with Crippen molar-refractivity contribution >= 4 is 40.1 Å². The first-order valence-electron chi connectivity index (χ1n) is 10.2. The molecule has 0 unspecified atom stereocenters. The van der Waals surface area contributed by atoms with Crippen LogP contribution in [0.5, 0.6) is 11.5 Å². The van der Waals surface area contributed by atoms with Gasteiger partial charge in [0.2, 0.25) is 11.9 Å². The number of anilines is 1. The van der Waals surface area contributed by atoms with E-state index in [0.717, 1.165) is 23.5 Å². The van der Waals surface area contributed by atoms with Crippen LogP contribution in [0.4, 0.5) is 5.13 Å². The zero-order valence-corrected chi connectivity index (χ0v) is 18.6. The van der Waals surface area contributed by atoms with E-state index in [9.17, 15) is 9.59 Å². The third kappa shape index (κ3) is 6.47. The van der Waals surface area contributed by atoms with E-state index in [1.54, 1.807) is 6.07 Å². The predicted molar refractivity (Wildman–Crippen MR) is 116 cm³/mol. The lowest BCUT2D eigenvalue weighted by atomic mass is 9.96. The van der Waals surface area contributed by atoms with Crippen molar-refractivity contribution in [2.75, 3.05) is 24.5 Å². The minimum Gasteiger partial charge on any atom is -0.455 e. The van der Waals surface area contributed by atoms with Gasteiger partial charge in [-0.2, -0.15) is 0 Å². The summed E-state index contributed by atoms with van der Waals surface area (Å²) in [6.45, 7) is 0.187. The first kappa shape index (κ1) is 21.7. The van der Waals surface area contributed by atoms with Crippen LogP contribution in [0.3, 0.4) is 0 Å². The Labute approximate surface area is 188 Å². The van der Waals surface area contributed by atoms with Gasteiger partial charge >= 0.3 is 5.97 Å². The number of rotatable bonds is 9. The Morgan fingerprint density at radius 3 is 2.87 bits per heavy atom. The standard InChI is InChI=1S/C20H24N4O5S2/c25-17(21-9-13-6-7-15-16(8-13)29-12-28-15)10-27-18(26)11-30-20-24-23-19(31-20)22-14-4-2-1-3-5-14/h6-8,14H,1-5,9-12H2,(H,21,25)(H,22,23). The maximum absolute atomic E-state index is 11.9. The Balaban J connectivity index is 1.12. The van der Waals surface area contributed by atoms with E-state index in [2.05, 4.69) is 20.8 Å². The number of benzene rings is 1. The number of esters is 1. The van der Waals surface area contributed by atoms with Crippen molar-refractivity contribution in [3.8, 4) is 11.5 Å². The van der Waals surface area contributed by atoms with Gasteiger partial charge in [0.25, 0.3) is 5.91 Å². The Bertz CT molecular complexity index is 917. The van der Waals surface area contributed by atoms with Crippen molar-refractivity contribution in [2.45, 2.75) is 49.0 Å². The van der Waals surface area contributed by atoms with Gasteiger partial charge in [0.15, 0.2) is 22.4 Å². The zero-order valence-electron chi connectivity index (χ0n) is 16.9. The molecule has 2 N–H and O–H groups in total. The van der Waals surface area contributed by atoms with Crippen LogP contribution in [-0.2, 0) is 20.9 Å². The number of nitrogens with zero attached hydrogens (tertiary/aromatic N) is 2. The van der Waals surface area contributed by atoms with E-state index in [1.807, 2.05) is 12.1 Å². The lowest BCUT2D eigenvalue weighted by Crippen LogP contribution is -2.28. The van der Waals surface area contributed by atoms with Gasteiger partial charge in [0.05, 0.1) is 5.75 Å². The molecule has 31 heavy (non-hydrogen) atoms. The molecule has 11 heteroatoms. The topological polar surface area (TPSA) is 112 Å². The monoisotopic (exact) mass is 464 g/mol. The highest BCUT2D eigenvalue weighted by Gasteiger charge is 2.17. The highest BCUT2D eigenvalue weighted by molar-refractivity contribution is 8.01. The fourth-order valence-corrected chi connectivity index (χ4v) is 4.99. The number of aromatic nitrogens is 2. The molecule has 1 amide bonds. The Kier molecular flexibility index (Phi) is 7.47. The van der Waals surface area contributed by atoms with E-state index in [-0.39, 0.29) is 25.1 Å². The molecule has 0 radical (unpaired) electrons. The quantitative estimate of drug-likeness (QED) is 0.427. The summed E-state index contributed by atoms with van der Waals surface area (Å²) >= 11 is 2.69. The SMILES string of the molecule is O=C(COC(=O)CSc1nnc(NC2CCCCC2)s1)NCc1ccc2c(c1)OCO2. The maximum Gasteiger partial charge on any atom is 0.316 e. The van der Waals surface area contributed by atoms with Gasteiger partial charge in [-0.05, 0) is 30.5 Å². The molecule has 0 atom stereocenters. The van der Waals surface area contributed by atoms with Gasteiger partial charge in [-0.25, -0.2) is 0 Å². The van der Waals surface area contributed by atoms with Crippen molar-refractivity contribution in [3.63, 3.8) is 0 Å². The predicted octanol–water partition coefficient (Wildman–Crippen LogP) is 2.96. The summed E-state index contributed by atoms with van der Waals surface area (Å²) in [4.78, 5) is 23.9. The van der Waals surface area contributed by atoms with Crippen LogP contribution in [0.1, 0.15) is 37.7 Å². The molecule has 0 spiro atoms. The average Bonchev–Trinajstić information content (AvgIpc) is 3.44. The Hall–Kier alpha value is -2.53. The summed E-state index contributed by atoms with van der Waals surface area (Å²) in [6, 6.07) is 5.91. The molecular formula is C20H24N4O5S2. The molecule has 1 aromatic heterocycles. The lowest BCUT2D eigenvalue weighted by molar-refractivity contribution is -0.145. The van der Waals surface area contributed by atoms with Crippen LogP contribution in [-0.4, -0.2) is 47.3 Å². The molecule has 0 saturated heterocycles. The number of hydrogen-bond acceptors (Lipinski definition) is 10. The molecule has 1 saturated carbocycles. The molecule has 2 aliphatic rings. The van der Waals surface area contributed by atoms with E-state index in [1.165, 1.54) is 42.4 Å². The zero-order chi connectivity index (χ0) is 21.5. The highest BCUT2D eigenvalue weighted by atomic mass is 32.2. The minimum absolute atomic E-state index is 0.0769. The second kappa shape index (κ2) is 10.7. The van der Waals surface area contributed by atoms with Gasteiger partial charge in [0, 0.05) is 12.6 Å². The molecule has 1 aromatic carbocycles. The first-order valence-corrected chi connectivity index (χ1v) is 12.0. The number of ether oxygens (including phenoxy) is 3. The molecule has 1 fully saturated rings. The summed E-state index contributed by atoms with van der Waals surface area (Å²) < 4.78 is 16.3. The second-order valence-electron chi connectivity index (χ2n) is 7.27. The molecule has 2 aromatic rings. The molecule has 166 valence electrons. The van der Waals surface area contributed by atoms with Crippen LogP contribution < -0.4 is 20.1 Å². The number of hydrogen-bond donors (Lipinski definition) is 2. The molecule has 4 rings (SSSR count). The molecular weight excluding hydrogens is 440 g/mol. The van der Waals surface area contributed by atoms with Crippen molar-refractivity contribution in [1.82, 2.24) is 15.5 Å². The second-order valence-corrected chi connectivity index (χ2v) is 9.47. The van der Waals surface area contributed by atoms with Crippen molar-refractivity contribution in [2.24, 2.45) is 0 Å². The van der Waals surface area contributed by atoms with Gasteiger partial charge in [-0.1, -0.05) is 48.4 Å². The fourth-order valence-electron chi connectivity index (χ4n) is 3.36. The number of carbonyl (C=O) groups excluding carboxylic acids is 2. The van der Waals surface area contributed by atoms with Crippen LogP contribution in [0.15, 0.2) is 22.5 Å². The molecule has 9 nitrogen and oxygen atoms in total. The Morgan fingerprint density at radius 1 is 1.16 bits per heavy atom. The van der Waals surface area contributed by atoms with E-state index < -0.39 is 5.97 Å². The normalized spacial score (nSPS) is 15.5. The van der Waals surface area contributed by atoms with Crippen LogP contribution in [0, 0.1) is 0 Å². The van der Waals surface area contributed by atoms with Gasteiger partial charge in [-0.15, -0.1) is 10.2 Å².